The molecule has 1 aromatic rings. The van der Waals surface area contributed by atoms with E-state index in [2.05, 4.69) is 14.5 Å². The first-order chi connectivity index (χ1) is 8.63. The molecule has 0 radical (unpaired) electrons. The fourth-order valence-corrected chi connectivity index (χ4v) is 1.81. The van der Waals surface area contributed by atoms with Crippen LogP contribution >= 0.6 is 9.39 Å². The predicted octanol–water partition coefficient (Wildman–Crippen LogP) is 2.57. The molecule has 0 saturated heterocycles. The van der Waals surface area contributed by atoms with Gasteiger partial charge in [0.1, 0.15) is 5.78 Å². The van der Waals surface area contributed by atoms with Crippen LogP contribution in [0.5, 0.6) is 0 Å². The van der Waals surface area contributed by atoms with Crippen LogP contribution in [0.1, 0.15) is 25.8 Å². The Labute approximate surface area is 112 Å². The SMILES string of the molecule is C[C@@H](COCc1ccccc1)CC(=O)[C@H](C)NP. The molecule has 4 heteroatoms. The maximum absolute atomic E-state index is 11.7. The first kappa shape index (κ1) is 15.3. The minimum Gasteiger partial charge on any atom is -0.376 e. The molecule has 0 aliphatic heterocycles. The van der Waals surface area contributed by atoms with E-state index in [1.165, 1.54) is 0 Å². The van der Waals surface area contributed by atoms with Gasteiger partial charge in [-0.15, -0.1) is 0 Å². The summed E-state index contributed by atoms with van der Waals surface area (Å²) in [6.07, 6.45) is 0.553. The number of benzene rings is 1. The Kier molecular flexibility index (Phi) is 7.11. The van der Waals surface area contributed by atoms with Crippen LogP contribution in [-0.4, -0.2) is 18.4 Å². The lowest BCUT2D eigenvalue weighted by molar-refractivity contribution is -0.121. The Morgan fingerprint density at radius 2 is 2.00 bits per heavy atom. The zero-order chi connectivity index (χ0) is 13.4. The van der Waals surface area contributed by atoms with Crippen LogP contribution in [0.25, 0.3) is 0 Å². The van der Waals surface area contributed by atoms with E-state index in [4.69, 9.17) is 4.74 Å². The molecule has 0 amide bonds. The van der Waals surface area contributed by atoms with Crippen molar-refractivity contribution < 1.29 is 9.53 Å². The minimum atomic E-state index is -0.105. The molecule has 1 aromatic carbocycles. The van der Waals surface area contributed by atoms with Gasteiger partial charge in [-0.3, -0.25) is 9.88 Å². The molecule has 1 unspecified atom stereocenters. The van der Waals surface area contributed by atoms with Crippen LogP contribution in [-0.2, 0) is 16.1 Å². The highest BCUT2D eigenvalue weighted by Crippen LogP contribution is 2.08. The number of nitrogens with one attached hydrogen (secondary N) is 1. The van der Waals surface area contributed by atoms with E-state index >= 15 is 0 Å². The van der Waals surface area contributed by atoms with Crippen molar-refractivity contribution in [2.75, 3.05) is 6.61 Å². The van der Waals surface area contributed by atoms with Gasteiger partial charge in [0.15, 0.2) is 0 Å². The highest BCUT2D eigenvalue weighted by molar-refractivity contribution is 7.13. The largest absolute Gasteiger partial charge is 0.376 e. The third kappa shape index (κ3) is 5.72. The molecule has 0 bridgehead atoms. The van der Waals surface area contributed by atoms with Gasteiger partial charge in [0.2, 0.25) is 0 Å². The smallest absolute Gasteiger partial charge is 0.150 e. The molecule has 0 spiro atoms. The second-order valence-electron chi connectivity index (χ2n) is 4.66. The molecule has 18 heavy (non-hydrogen) atoms. The number of rotatable bonds is 8. The molecule has 0 aliphatic carbocycles. The van der Waals surface area contributed by atoms with Gasteiger partial charge in [-0.1, -0.05) is 46.6 Å². The van der Waals surface area contributed by atoms with Crippen molar-refractivity contribution >= 4 is 15.2 Å². The van der Waals surface area contributed by atoms with E-state index in [0.717, 1.165) is 5.56 Å². The van der Waals surface area contributed by atoms with Gasteiger partial charge in [0.25, 0.3) is 0 Å². The number of carbonyl (C=O) groups is 1. The molecule has 0 aromatic heterocycles. The van der Waals surface area contributed by atoms with E-state index < -0.39 is 0 Å². The number of hydrogen-bond acceptors (Lipinski definition) is 3. The molecular weight excluding hydrogens is 245 g/mol. The van der Waals surface area contributed by atoms with Crippen LogP contribution in [0.15, 0.2) is 30.3 Å². The quantitative estimate of drug-likeness (QED) is 0.736. The molecule has 0 heterocycles. The third-order valence-electron chi connectivity index (χ3n) is 2.80. The Balaban J connectivity index is 2.21. The Bertz CT molecular complexity index is 356. The van der Waals surface area contributed by atoms with Crippen molar-refractivity contribution in [2.45, 2.75) is 32.9 Å². The molecule has 3 nitrogen and oxygen atoms in total. The lowest BCUT2D eigenvalue weighted by Crippen LogP contribution is -2.28. The van der Waals surface area contributed by atoms with E-state index in [0.29, 0.717) is 19.6 Å². The summed E-state index contributed by atoms with van der Waals surface area (Å²) >= 11 is 0. The molecule has 3 atom stereocenters. The second kappa shape index (κ2) is 8.36. The van der Waals surface area contributed by atoms with Gasteiger partial charge in [0.05, 0.1) is 12.6 Å². The van der Waals surface area contributed by atoms with E-state index in [1.807, 2.05) is 44.2 Å². The molecule has 0 aliphatic rings. The first-order valence-corrected chi connectivity index (χ1v) is 6.81. The van der Waals surface area contributed by atoms with Gasteiger partial charge >= 0.3 is 0 Å². The summed E-state index contributed by atoms with van der Waals surface area (Å²) in [6, 6.07) is 9.95. The first-order valence-electron chi connectivity index (χ1n) is 6.24. The average molecular weight is 267 g/mol. The van der Waals surface area contributed by atoms with Gasteiger partial charge in [0, 0.05) is 13.0 Å². The normalized spacial score (nSPS) is 14.2. The summed E-state index contributed by atoms with van der Waals surface area (Å²) in [5.74, 6) is 0.475. The molecule has 0 saturated carbocycles. The summed E-state index contributed by atoms with van der Waals surface area (Å²) in [4.78, 5) is 11.7. The standard InChI is InChI=1S/C14H22NO2P/c1-11(8-14(16)12(2)15-18)9-17-10-13-6-4-3-5-7-13/h3-7,11-12,15H,8-10,18H2,1-2H3/t11-,12+/m1/s1. The number of Topliss-reactive ketones (excluding diaryl/α,β-unsaturated/α-hetero) is 1. The lowest BCUT2D eigenvalue weighted by atomic mass is 10.0. The van der Waals surface area contributed by atoms with Crippen molar-refractivity contribution in [3.05, 3.63) is 35.9 Å². The topological polar surface area (TPSA) is 38.3 Å². The fraction of sp³-hybridized carbons (Fsp3) is 0.500. The minimum absolute atomic E-state index is 0.105. The van der Waals surface area contributed by atoms with Crippen molar-refractivity contribution in [3.8, 4) is 0 Å². The van der Waals surface area contributed by atoms with Crippen molar-refractivity contribution in [2.24, 2.45) is 5.92 Å². The molecule has 1 N–H and O–H groups in total. The van der Waals surface area contributed by atoms with Crippen LogP contribution in [0, 0.1) is 5.92 Å². The lowest BCUT2D eigenvalue weighted by Gasteiger charge is -2.14. The molecule has 1 rings (SSSR count). The van der Waals surface area contributed by atoms with Gasteiger partial charge in [-0.05, 0) is 18.4 Å². The molecular formula is C14H22NO2P. The molecule has 0 fully saturated rings. The number of ketones is 1. The van der Waals surface area contributed by atoms with Gasteiger partial charge < -0.3 is 4.74 Å². The number of hydrogen-bond donors (Lipinski definition) is 1. The van der Waals surface area contributed by atoms with Crippen LogP contribution < -0.4 is 5.09 Å². The van der Waals surface area contributed by atoms with Crippen molar-refractivity contribution in [1.29, 1.82) is 0 Å². The van der Waals surface area contributed by atoms with Crippen LogP contribution in [0.2, 0.25) is 0 Å². The Morgan fingerprint density at radius 3 is 2.61 bits per heavy atom. The summed E-state index contributed by atoms with van der Waals surface area (Å²) in [5.41, 5.74) is 1.16. The maximum atomic E-state index is 11.7. The van der Waals surface area contributed by atoms with Crippen molar-refractivity contribution in [1.82, 2.24) is 5.09 Å². The summed E-state index contributed by atoms with van der Waals surface area (Å²) in [7, 11) is 2.37. The maximum Gasteiger partial charge on any atom is 0.150 e. The average Bonchev–Trinajstić information content (AvgIpc) is 2.38. The Morgan fingerprint density at radius 1 is 1.33 bits per heavy atom. The predicted molar refractivity (Wildman–Crippen MR) is 77.2 cm³/mol. The van der Waals surface area contributed by atoms with E-state index in [9.17, 15) is 4.79 Å². The van der Waals surface area contributed by atoms with E-state index in [-0.39, 0.29) is 17.7 Å². The highest BCUT2D eigenvalue weighted by atomic mass is 31.0. The fourth-order valence-electron chi connectivity index (χ4n) is 1.62. The summed E-state index contributed by atoms with van der Waals surface area (Å²) < 4.78 is 5.62. The van der Waals surface area contributed by atoms with Gasteiger partial charge in [-0.25, -0.2) is 0 Å². The number of carbonyl (C=O) groups excluding carboxylic acids is 1. The second-order valence-corrected chi connectivity index (χ2v) is 5.00. The van der Waals surface area contributed by atoms with Crippen LogP contribution in [0.3, 0.4) is 0 Å². The van der Waals surface area contributed by atoms with Crippen molar-refractivity contribution in [3.63, 3.8) is 0 Å². The molecule has 100 valence electrons. The zero-order valence-electron chi connectivity index (χ0n) is 11.1. The monoisotopic (exact) mass is 267 g/mol. The third-order valence-corrected chi connectivity index (χ3v) is 3.30. The van der Waals surface area contributed by atoms with E-state index in [1.54, 1.807) is 0 Å². The highest BCUT2D eigenvalue weighted by Gasteiger charge is 2.14. The number of ether oxygens (including phenoxy) is 1. The Hall–Kier alpha value is -0.760. The zero-order valence-corrected chi connectivity index (χ0v) is 12.2. The summed E-state index contributed by atoms with van der Waals surface area (Å²) in [6.45, 7) is 5.13. The van der Waals surface area contributed by atoms with Gasteiger partial charge in [-0.2, -0.15) is 0 Å². The van der Waals surface area contributed by atoms with Crippen LogP contribution in [0.4, 0.5) is 0 Å². The summed E-state index contributed by atoms with van der Waals surface area (Å²) in [5, 5.41) is 2.88.